The van der Waals surface area contributed by atoms with Crippen LogP contribution < -0.4 is 0 Å². The van der Waals surface area contributed by atoms with E-state index in [1.165, 1.54) is 93.9 Å². The van der Waals surface area contributed by atoms with Crippen molar-refractivity contribution in [1.29, 1.82) is 0 Å². The van der Waals surface area contributed by atoms with Crippen molar-refractivity contribution in [2.24, 2.45) is 0 Å². The van der Waals surface area contributed by atoms with Crippen LogP contribution in [-0.4, -0.2) is 4.98 Å². The fraction of sp³-hybridized carbons (Fsp3) is 0. The Balaban J connectivity index is 1.09. The first-order valence-corrected chi connectivity index (χ1v) is 22.7. The minimum Gasteiger partial charge on any atom is -0.256 e. The largest absolute Gasteiger partial charge is 0.256 e. The van der Waals surface area contributed by atoms with Crippen molar-refractivity contribution in [3.05, 3.63) is 261 Å². The van der Waals surface area contributed by atoms with E-state index in [2.05, 4.69) is 249 Å². The fourth-order valence-corrected chi connectivity index (χ4v) is 10.1. The monoisotopic (exact) mass is 837 g/mol. The van der Waals surface area contributed by atoms with E-state index in [9.17, 15) is 0 Å². The van der Waals surface area contributed by atoms with Gasteiger partial charge in [-0.3, -0.25) is 4.98 Å². The molecule has 0 N–H and O–H groups in total. The average Bonchev–Trinajstić information content (AvgIpc) is 3.40. The Bertz CT molecular complexity index is 3650. The summed E-state index contributed by atoms with van der Waals surface area (Å²) in [5.74, 6) is 0. The number of pyridine rings is 1. The van der Waals surface area contributed by atoms with Crippen LogP contribution in [0.4, 0.5) is 0 Å². The van der Waals surface area contributed by atoms with Crippen LogP contribution in [0.5, 0.6) is 0 Å². The molecule has 0 atom stereocenters. The Morgan fingerprint density at radius 3 is 1.17 bits per heavy atom. The molecule has 0 radical (unpaired) electrons. The summed E-state index contributed by atoms with van der Waals surface area (Å²) in [5.41, 5.74) is 20.0. The summed E-state index contributed by atoms with van der Waals surface area (Å²) in [6, 6.07) is 92.8. The lowest BCUT2D eigenvalue weighted by Gasteiger charge is -2.25. The molecule has 1 aromatic heterocycles. The lowest BCUT2D eigenvalue weighted by atomic mass is 9.78. The molecule has 0 saturated heterocycles. The first-order valence-electron chi connectivity index (χ1n) is 22.7. The van der Waals surface area contributed by atoms with E-state index >= 15 is 0 Å². The minimum atomic E-state index is 1.01. The minimum absolute atomic E-state index is 1.01. The number of fused-ring (bicyclic) bond motifs is 3. The number of benzene rings is 11. The molecule has 12 aromatic rings. The maximum absolute atomic E-state index is 4.76. The number of nitrogens with zero attached hydrogens (tertiary/aromatic N) is 1. The summed E-state index contributed by atoms with van der Waals surface area (Å²) >= 11 is 0. The molecule has 0 amide bonds. The molecule has 0 spiro atoms. The maximum Gasteiger partial charge on any atom is 0.0702 e. The van der Waals surface area contributed by atoms with Gasteiger partial charge in [-0.25, -0.2) is 0 Å². The highest BCUT2D eigenvalue weighted by atomic mass is 14.6. The zero-order chi connectivity index (χ0) is 43.8. The van der Waals surface area contributed by atoms with E-state index < -0.39 is 0 Å². The molecule has 0 aliphatic carbocycles. The highest BCUT2D eigenvalue weighted by Crippen LogP contribution is 2.51. The molecule has 0 aliphatic rings. The molecular formula is C65H43N. The molecule has 0 saturated carbocycles. The van der Waals surface area contributed by atoms with Gasteiger partial charge in [0, 0.05) is 17.1 Å². The second-order valence-electron chi connectivity index (χ2n) is 17.0. The molecule has 308 valence electrons. The van der Waals surface area contributed by atoms with Gasteiger partial charge >= 0.3 is 0 Å². The predicted molar refractivity (Wildman–Crippen MR) is 280 cm³/mol. The third-order valence-corrected chi connectivity index (χ3v) is 13.1. The molecule has 0 fully saturated rings. The summed E-state index contributed by atoms with van der Waals surface area (Å²) in [4.78, 5) is 4.76. The van der Waals surface area contributed by atoms with Crippen LogP contribution in [-0.2, 0) is 0 Å². The van der Waals surface area contributed by atoms with Gasteiger partial charge in [0.25, 0.3) is 0 Å². The number of hydrogen-bond acceptors (Lipinski definition) is 1. The molecule has 1 heterocycles. The third-order valence-electron chi connectivity index (χ3n) is 13.1. The smallest absolute Gasteiger partial charge is 0.0702 e. The average molecular weight is 838 g/mol. The lowest BCUT2D eigenvalue weighted by molar-refractivity contribution is 1.41. The standard InChI is InChI=1S/C65H43N/c1-5-20-45(21-6-1)58-42-59(64(47-24-9-3-10-25-47)65(48-26-11-4-12-27-48)63(58)46-22-7-2-8-23-46)50-29-19-30-52(40-50)62-56-33-16-14-31-54(56)61(55-32-15-17-34-57(55)62)49-38-36-44(37-39-49)53-41-51-28-13-18-35-60(51)66-43-53/h1-43H. The highest BCUT2D eigenvalue weighted by Gasteiger charge is 2.24. The molecule has 1 nitrogen and oxygen atoms in total. The fourth-order valence-electron chi connectivity index (χ4n) is 10.1. The Kier molecular flexibility index (Phi) is 9.93. The van der Waals surface area contributed by atoms with Crippen molar-refractivity contribution in [2.75, 3.05) is 0 Å². The molecule has 0 aliphatic heterocycles. The van der Waals surface area contributed by atoms with Gasteiger partial charge in [-0.2, -0.15) is 0 Å². The normalized spacial score (nSPS) is 11.3. The zero-order valence-electron chi connectivity index (χ0n) is 36.3. The highest BCUT2D eigenvalue weighted by molar-refractivity contribution is 6.21. The molecule has 0 bridgehead atoms. The molecule has 11 aromatic carbocycles. The Morgan fingerprint density at radius 1 is 0.212 bits per heavy atom. The van der Waals surface area contributed by atoms with Gasteiger partial charge in [0.05, 0.1) is 5.52 Å². The number of hydrogen-bond donors (Lipinski definition) is 0. The predicted octanol–water partition coefficient (Wildman–Crippen LogP) is 17.9. The quantitative estimate of drug-likeness (QED) is 0.139. The topological polar surface area (TPSA) is 12.9 Å². The van der Waals surface area contributed by atoms with Crippen LogP contribution in [0.2, 0.25) is 0 Å². The first kappa shape index (κ1) is 39.0. The van der Waals surface area contributed by atoms with Gasteiger partial charge < -0.3 is 0 Å². The van der Waals surface area contributed by atoms with Gasteiger partial charge in [0.2, 0.25) is 0 Å². The van der Waals surface area contributed by atoms with Crippen molar-refractivity contribution in [3.8, 4) is 89.0 Å². The van der Waals surface area contributed by atoms with Gasteiger partial charge in [-0.1, -0.05) is 231 Å². The van der Waals surface area contributed by atoms with Gasteiger partial charge in [0.15, 0.2) is 0 Å². The summed E-state index contributed by atoms with van der Waals surface area (Å²) < 4.78 is 0. The summed E-state index contributed by atoms with van der Waals surface area (Å²) in [7, 11) is 0. The van der Waals surface area contributed by atoms with E-state index in [1.54, 1.807) is 0 Å². The van der Waals surface area contributed by atoms with E-state index in [0.29, 0.717) is 0 Å². The molecule has 12 rings (SSSR count). The zero-order valence-corrected chi connectivity index (χ0v) is 36.3. The molecule has 66 heavy (non-hydrogen) atoms. The van der Waals surface area contributed by atoms with Crippen molar-refractivity contribution in [3.63, 3.8) is 0 Å². The lowest BCUT2D eigenvalue weighted by Crippen LogP contribution is -1.98. The molecule has 1 heteroatoms. The van der Waals surface area contributed by atoms with Gasteiger partial charge in [-0.05, 0) is 129 Å². The van der Waals surface area contributed by atoms with E-state index in [-0.39, 0.29) is 0 Å². The second-order valence-corrected chi connectivity index (χ2v) is 17.0. The Labute approximate surface area is 385 Å². The van der Waals surface area contributed by atoms with Crippen LogP contribution in [0.3, 0.4) is 0 Å². The first-order chi connectivity index (χ1) is 32.8. The molecular weight excluding hydrogens is 795 g/mol. The number of rotatable bonds is 8. The second kappa shape index (κ2) is 16.8. The summed E-state index contributed by atoms with van der Waals surface area (Å²) in [5, 5.41) is 6.05. The Morgan fingerprint density at radius 2 is 0.606 bits per heavy atom. The van der Waals surface area contributed by atoms with Crippen LogP contribution in [0.1, 0.15) is 0 Å². The van der Waals surface area contributed by atoms with Gasteiger partial charge in [0.1, 0.15) is 0 Å². The summed E-state index contributed by atoms with van der Waals surface area (Å²) in [6.45, 7) is 0. The number of para-hydroxylation sites is 1. The summed E-state index contributed by atoms with van der Waals surface area (Å²) in [6.07, 6.45) is 1.98. The number of aromatic nitrogens is 1. The van der Waals surface area contributed by atoms with E-state index in [0.717, 1.165) is 27.6 Å². The van der Waals surface area contributed by atoms with Crippen LogP contribution in [0, 0.1) is 0 Å². The van der Waals surface area contributed by atoms with Crippen molar-refractivity contribution >= 4 is 32.4 Å². The van der Waals surface area contributed by atoms with Crippen LogP contribution >= 0.6 is 0 Å². The SMILES string of the molecule is c1ccc(-c2cc(-c3cccc(-c4c5ccccc5c(-c5ccc(-c6cnc7ccccc7c6)cc5)c5ccccc45)c3)c(-c3ccccc3)c(-c3ccccc3)c2-c2ccccc2)cc1. The van der Waals surface area contributed by atoms with Crippen molar-refractivity contribution in [2.45, 2.75) is 0 Å². The molecule has 0 unspecified atom stereocenters. The van der Waals surface area contributed by atoms with Gasteiger partial charge in [-0.15, -0.1) is 0 Å². The van der Waals surface area contributed by atoms with E-state index in [4.69, 9.17) is 4.98 Å². The van der Waals surface area contributed by atoms with Crippen LogP contribution in [0.15, 0.2) is 261 Å². The van der Waals surface area contributed by atoms with Crippen molar-refractivity contribution in [1.82, 2.24) is 4.98 Å². The van der Waals surface area contributed by atoms with E-state index in [1.807, 2.05) is 12.3 Å². The van der Waals surface area contributed by atoms with Crippen LogP contribution in [0.25, 0.3) is 121 Å². The third kappa shape index (κ3) is 6.95. The maximum atomic E-state index is 4.76. The Hall–Kier alpha value is -8.65. The van der Waals surface area contributed by atoms with Crippen molar-refractivity contribution < 1.29 is 0 Å².